The highest BCUT2D eigenvalue weighted by atomic mass is 35.5. The second kappa shape index (κ2) is 9.19. The molecule has 156 valence electrons. The van der Waals surface area contributed by atoms with Gasteiger partial charge >= 0.3 is 5.97 Å². The molecule has 0 saturated heterocycles. The summed E-state index contributed by atoms with van der Waals surface area (Å²) in [7, 11) is -1.28. The van der Waals surface area contributed by atoms with Crippen LogP contribution in [0.5, 0.6) is 5.75 Å². The number of hydrogen-bond acceptors (Lipinski definition) is 5. The van der Waals surface area contributed by atoms with Gasteiger partial charge in [0, 0.05) is 0 Å². The molecule has 0 atom stereocenters. The van der Waals surface area contributed by atoms with Gasteiger partial charge in [-0.25, -0.2) is 13.2 Å². The second-order valence-electron chi connectivity index (χ2n) is 6.33. The summed E-state index contributed by atoms with van der Waals surface area (Å²) in [6.07, 6.45) is 0. The van der Waals surface area contributed by atoms with Gasteiger partial charge in [0.1, 0.15) is 5.75 Å². The molecule has 3 aromatic carbocycles. The van der Waals surface area contributed by atoms with Crippen molar-refractivity contribution in [3.05, 3.63) is 88.9 Å². The molecule has 0 aliphatic carbocycles. The van der Waals surface area contributed by atoms with Gasteiger partial charge in [-0.05, 0) is 48.0 Å². The number of halogens is 1. The van der Waals surface area contributed by atoms with Crippen molar-refractivity contribution in [2.75, 3.05) is 18.5 Å². The third kappa shape index (κ3) is 4.58. The molecule has 30 heavy (non-hydrogen) atoms. The van der Waals surface area contributed by atoms with E-state index < -0.39 is 16.0 Å². The van der Waals surface area contributed by atoms with Gasteiger partial charge in [0.05, 0.1) is 41.9 Å². The molecule has 0 aliphatic heterocycles. The molecule has 3 aromatic rings. The van der Waals surface area contributed by atoms with Crippen LogP contribution in [0.3, 0.4) is 0 Å². The molecular weight excluding hydrogens is 426 g/mol. The topological polar surface area (TPSA) is 72.9 Å². The Bertz CT molecular complexity index is 1130. The molecule has 3 rings (SSSR count). The molecular formula is C22H20ClNO5S. The fourth-order valence-electron chi connectivity index (χ4n) is 2.87. The van der Waals surface area contributed by atoms with Gasteiger partial charge in [0.15, 0.2) is 0 Å². The molecule has 0 bridgehead atoms. The van der Waals surface area contributed by atoms with Crippen LogP contribution in [0, 0.1) is 0 Å². The highest BCUT2D eigenvalue weighted by Crippen LogP contribution is 2.30. The Kier molecular flexibility index (Phi) is 6.64. The summed E-state index contributed by atoms with van der Waals surface area (Å²) in [4.78, 5) is 11.9. The van der Waals surface area contributed by atoms with Gasteiger partial charge in [-0.3, -0.25) is 4.31 Å². The highest BCUT2D eigenvalue weighted by Gasteiger charge is 2.27. The van der Waals surface area contributed by atoms with Crippen molar-refractivity contribution in [2.24, 2.45) is 0 Å². The first-order valence-electron chi connectivity index (χ1n) is 8.95. The number of ether oxygens (including phenoxy) is 2. The Hall–Kier alpha value is -3.03. The van der Waals surface area contributed by atoms with Crippen molar-refractivity contribution >= 4 is 33.3 Å². The Labute approximate surface area is 180 Å². The summed E-state index contributed by atoms with van der Waals surface area (Å²) in [5, 5.41) is 0.111. The van der Waals surface area contributed by atoms with E-state index in [2.05, 4.69) is 0 Å². The Balaban J connectivity index is 2.10. The van der Waals surface area contributed by atoms with Crippen LogP contribution in [0.25, 0.3) is 0 Å². The van der Waals surface area contributed by atoms with Crippen LogP contribution < -0.4 is 9.04 Å². The van der Waals surface area contributed by atoms with Crippen LogP contribution in [0.2, 0.25) is 5.02 Å². The molecule has 0 spiro atoms. The van der Waals surface area contributed by atoms with E-state index in [1.165, 1.54) is 36.7 Å². The molecule has 0 amide bonds. The van der Waals surface area contributed by atoms with Crippen LogP contribution in [0.15, 0.2) is 77.7 Å². The number of anilines is 1. The average Bonchev–Trinajstić information content (AvgIpc) is 2.78. The number of sulfonamides is 1. The largest absolute Gasteiger partial charge is 0.497 e. The minimum absolute atomic E-state index is 0.0189. The summed E-state index contributed by atoms with van der Waals surface area (Å²) in [6.45, 7) is 0.103. The number of hydrogen-bond donors (Lipinski definition) is 0. The van der Waals surface area contributed by atoms with E-state index in [4.69, 9.17) is 21.1 Å². The van der Waals surface area contributed by atoms with Crippen LogP contribution in [-0.4, -0.2) is 28.6 Å². The van der Waals surface area contributed by atoms with E-state index in [-0.39, 0.29) is 22.0 Å². The van der Waals surface area contributed by atoms with Gasteiger partial charge in [-0.2, -0.15) is 0 Å². The molecule has 0 N–H and O–H groups in total. The zero-order chi connectivity index (χ0) is 21.7. The summed E-state index contributed by atoms with van der Waals surface area (Å²) >= 11 is 6.06. The number of methoxy groups -OCH3 is 2. The Morgan fingerprint density at radius 3 is 2.23 bits per heavy atom. The minimum Gasteiger partial charge on any atom is -0.497 e. The number of benzene rings is 3. The molecule has 8 heteroatoms. The van der Waals surface area contributed by atoms with E-state index in [0.717, 1.165) is 5.56 Å². The van der Waals surface area contributed by atoms with Crippen LogP contribution in [0.1, 0.15) is 15.9 Å². The number of carbonyl (C=O) groups excluding carboxylic acids is 1. The average molecular weight is 446 g/mol. The Morgan fingerprint density at radius 1 is 0.967 bits per heavy atom. The smallest absolute Gasteiger partial charge is 0.339 e. The van der Waals surface area contributed by atoms with E-state index in [1.54, 1.807) is 24.3 Å². The lowest BCUT2D eigenvalue weighted by atomic mass is 10.2. The zero-order valence-electron chi connectivity index (χ0n) is 16.4. The summed E-state index contributed by atoms with van der Waals surface area (Å²) in [5.41, 5.74) is 1.24. The van der Waals surface area contributed by atoms with Crippen LogP contribution in [-0.2, 0) is 21.3 Å². The maximum atomic E-state index is 13.6. The quantitative estimate of drug-likeness (QED) is 0.499. The third-order valence-electron chi connectivity index (χ3n) is 4.46. The normalized spacial score (nSPS) is 11.0. The second-order valence-corrected chi connectivity index (χ2v) is 8.60. The van der Waals surface area contributed by atoms with Gasteiger partial charge in [0.2, 0.25) is 0 Å². The lowest BCUT2D eigenvalue weighted by Gasteiger charge is -2.25. The molecule has 0 radical (unpaired) electrons. The standard InChI is InChI=1S/C22H20ClNO5S/c1-28-18-10-8-17(9-11-18)24(15-16-6-4-3-5-7-16)30(26,27)19-12-13-21(23)20(14-19)22(25)29-2/h3-14H,15H2,1-2H3. The van der Waals surface area contributed by atoms with Gasteiger partial charge in [0.25, 0.3) is 10.0 Å². The van der Waals surface area contributed by atoms with Crippen LogP contribution >= 0.6 is 11.6 Å². The van der Waals surface area contributed by atoms with E-state index in [1.807, 2.05) is 30.3 Å². The van der Waals surface area contributed by atoms with Crippen molar-refractivity contribution in [2.45, 2.75) is 11.4 Å². The number of esters is 1. The molecule has 0 unspecified atom stereocenters. The highest BCUT2D eigenvalue weighted by molar-refractivity contribution is 7.92. The summed E-state index contributed by atoms with van der Waals surface area (Å²) in [5.74, 6) is -0.105. The van der Waals surface area contributed by atoms with E-state index in [9.17, 15) is 13.2 Å². The number of nitrogens with zero attached hydrogens (tertiary/aromatic N) is 1. The molecule has 0 aromatic heterocycles. The monoisotopic (exact) mass is 445 g/mol. The SMILES string of the molecule is COC(=O)c1cc(S(=O)(=O)N(Cc2ccccc2)c2ccc(OC)cc2)ccc1Cl. The third-order valence-corrected chi connectivity index (χ3v) is 6.56. The summed E-state index contributed by atoms with van der Waals surface area (Å²) < 4.78 is 38.3. The van der Waals surface area contributed by atoms with Crippen molar-refractivity contribution < 1.29 is 22.7 Å². The van der Waals surface area contributed by atoms with Crippen molar-refractivity contribution in [1.82, 2.24) is 0 Å². The lowest BCUT2D eigenvalue weighted by Crippen LogP contribution is -2.30. The van der Waals surface area contributed by atoms with Gasteiger partial charge in [-0.1, -0.05) is 41.9 Å². The fourth-order valence-corrected chi connectivity index (χ4v) is 4.55. The predicted octanol–water partition coefficient (Wildman–Crippen LogP) is 4.53. The molecule has 0 saturated carbocycles. The maximum absolute atomic E-state index is 13.6. The van der Waals surface area contributed by atoms with Gasteiger partial charge < -0.3 is 9.47 Å². The maximum Gasteiger partial charge on any atom is 0.339 e. The molecule has 0 fully saturated rings. The van der Waals surface area contributed by atoms with Crippen LogP contribution in [0.4, 0.5) is 5.69 Å². The first-order chi connectivity index (χ1) is 14.4. The molecule has 6 nitrogen and oxygen atoms in total. The van der Waals surface area contributed by atoms with Crippen molar-refractivity contribution in [3.63, 3.8) is 0 Å². The fraction of sp³-hybridized carbons (Fsp3) is 0.136. The van der Waals surface area contributed by atoms with E-state index in [0.29, 0.717) is 11.4 Å². The van der Waals surface area contributed by atoms with Crippen molar-refractivity contribution in [1.29, 1.82) is 0 Å². The lowest BCUT2D eigenvalue weighted by molar-refractivity contribution is 0.0600. The Morgan fingerprint density at radius 2 is 1.63 bits per heavy atom. The molecule has 0 heterocycles. The first kappa shape index (κ1) is 21.7. The van der Waals surface area contributed by atoms with Crippen molar-refractivity contribution in [3.8, 4) is 5.75 Å². The van der Waals surface area contributed by atoms with Gasteiger partial charge in [-0.15, -0.1) is 0 Å². The number of rotatable bonds is 7. The van der Waals surface area contributed by atoms with E-state index >= 15 is 0 Å². The first-order valence-corrected chi connectivity index (χ1v) is 10.8. The predicted molar refractivity (Wildman–Crippen MR) is 116 cm³/mol. The molecule has 0 aliphatic rings. The minimum atomic E-state index is -4.03. The summed E-state index contributed by atoms with van der Waals surface area (Å²) in [6, 6.07) is 19.9. The zero-order valence-corrected chi connectivity index (χ0v) is 18.0. The number of carbonyl (C=O) groups is 1.